The third-order valence-electron chi connectivity index (χ3n) is 4.04. The van der Waals surface area contributed by atoms with E-state index in [0.29, 0.717) is 6.54 Å². The molecule has 2 aliphatic rings. The number of nitrogens with zero attached hydrogens (tertiary/aromatic N) is 1. The van der Waals surface area contributed by atoms with Crippen LogP contribution in [0.1, 0.15) is 48.5 Å². The van der Waals surface area contributed by atoms with E-state index in [1.165, 1.54) is 5.06 Å². The molecular formula is C16H21NO3. The molecule has 1 saturated carbocycles. The number of amides is 1. The molecule has 1 aromatic rings. The predicted octanol–water partition coefficient (Wildman–Crippen LogP) is 2.92. The van der Waals surface area contributed by atoms with Gasteiger partial charge in [-0.05, 0) is 37.8 Å². The number of benzene rings is 1. The van der Waals surface area contributed by atoms with Gasteiger partial charge in [0.05, 0.1) is 18.8 Å². The molecule has 2 atom stereocenters. The summed E-state index contributed by atoms with van der Waals surface area (Å²) >= 11 is 0. The van der Waals surface area contributed by atoms with Crippen molar-refractivity contribution in [3.63, 3.8) is 0 Å². The summed E-state index contributed by atoms with van der Waals surface area (Å²) in [6.45, 7) is 3.32. The Bertz CT molecular complexity index is 486. The second-order valence-corrected chi connectivity index (χ2v) is 5.47. The number of hydrogen-bond acceptors (Lipinski definition) is 3. The number of ether oxygens (including phenoxy) is 1. The summed E-state index contributed by atoms with van der Waals surface area (Å²) in [5.41, 5.74) is 1.82. The van der Waals surface area contributed by atoms with Gasteiger partial charge in [0.1, 0.15) is 0 Å². The highest BCUT2D eigenvalue weighted by Gasteiger charge is 2.32. The van der Waals surface area contributed by atoms with Gasteiger partial charge >= 0.3 is 0 Å². The lowest BCUT2D eigenvalue weighted by molar-refractivity contribution is -0.184. The maximum Gasteiger partial charge on any atom is 0.278 e. The summed E-state index contributed by atoms with van der Waals surface area (Å²) in [6.07, 6.45) is 4.46. The predicted molar refractivity (Wildman–Crippen MR) is 75.1 cm³/mol. The van der Waals surface area contributed by atoms with Crippen LogP contribution in [0.15, 0.2) is 24.3 Å². The lowest BCUT2D eigenvalue weighted by atomic mass is 9.95. The van der Waals surface area contributed by atoms with Gasteiger partial charge in [0.15, 0.2) is 0 Å². The van der Waals surface area contributed by atoms with Crippen LogP contribution in [0.5, 0.6) is 0 Å². The Balaban J connectivity index is 1.61. The van der Waals surface area contributed by atoms with Crippen molar-refractivity contribution < 1.29 is 14.4 Å². The van der Waals surface area contributed by atoms with E-state index in [4.69, 9.17) is 9.57 Å². The fraction of sp³-hybridized carbons (Fsp3) is 0.562. The maximum absolute atomic E-state index is 12.2. The molecule has 1 amide bonds. The standard InChI is InChI=1S/C16H21NO3/c1-2-19-13-7-5-8-14(10-13)20-17-11-12-6-3-4-9-15(12)16(17)18/h3-4,6,9,13-14H,2,5,7-8,10-11H2,1H3. The summed E-state index contributed by atoms with van der Waals surface area (Å²) in [7, 11) is 0. The number of hydroxylamine groups is 2. The van der Waals surface area contributed by atoms with Crippen molar-refractivity contribution in [2.45, 2.75) is 51.4 Å². The average molecular weight is 275 g/mol. The lowest BCUT2D eigenvalue weighted by Gasteiger charge is -2.31. The molecule has 1 fully saturated rings. The van der Waals surface area contributed by atoms with Gasteiger partial charge < -0.3 is 4.74 Å². The molecule has 0 saturated heterocycles. The Labute approximate surface area is 119 Å². The lowest BCUT2D eigenvalue weighted by Crippen LogP contribution is -2.35. The zero-order chi connectivity index (χ0) is 13.9. The first-order valence-electron chi connectivity index (χ1n) is 7.46. The van der Waals surface area contributed by atoms with E-state index in [9.17, 15) is 4.79 Å². The van der Waals surface area contributed by atoms with Crippen LogP contribution in [0, 0.1) is 0 Å². The minimum absolute atomic E-state index is 0.0147. The molecule has 3 rings (SSSR count). The second kappa shape index (κ2) is 5.94. The summed E-state index contributed by atoms with van der Waals surface area (Å²) in [4.78, 5) is 18.2. The van der Waals surface area contributed by atoms with E-state index in [1.54, 1.807) is 0 Å². The molecular weight excluding hydrogens is 254 g/mol. The van der Waals surface area contributed by atoms with E-state index < -0.39 is 0 Å². The maximum atomic E-state index is 12.2. The van der Waals surface area contributed by atoms with Crippen molar-refractivity contribution in [1.82, 2.24) is 5.06 Å². The van der Waals surface area contributed by atoms with Gasteiger partial charge in [-0.3, -0.25) is 9.63 Å². The molecule has 1 aliphatic carbocycles. The number of hydrogen-bond donors (Lipinski definition) is 0. The minimum atomic E-state index is -0.0147. The molecule has 0 aromatic heterocycles. The van der Waals surface area contributed by atoms with E-state index in [0.717, 1.165) is 43.4 Å². The molecule has 20 heavy (non-hydrogen) atoms. The molecule has 0 spiro atoms. The van der Waals surface area contributed by atoms with Crippen molar-refractivity contribution in [2.24, 2.45) is 0 Å². The number of fused-ring (bicyclic) bond motifs is 1. The normalized spacial score (nSPS) is 25.9. The fourth-order valence-electron chi connectivity index (χ4n) is 3.08. The van der Waals surface area contributed by atoms with Gasteiger partial charge in [0, 0.05) is 18.6 Å². The van der Waals surface area contributed by atoms with Crippen molar-refractivity contribution in [1.29, 1.82) is 0 Å². The van der Waals surface area contributed by atoms with E-state index >= 15 is 0 Å². The van der Waals surface area contributed by atoms with Crippen LogP contribution < -0.4 is 0 Å². The molecule has 0 N–H and O–H groups in total. The number of rotatable bonds is 4. The van der Waals surface area contributed by atoms with Gasteiger partial charge in [-0.1, -0.05) is 18.2 Å². The quantitative estimate of drug-likeness (QED) is 0.848. The zero-order valence-corrected chi connectivity index (χ0v) is 11.9. The number of carbonyl (C=O) groups is 1. The Morgan fingerprint density at radius 3 is 2.85 bits per heavy atom. The molecule has 1 aromatic carbocycles. The van der Waals surface area contributed by atoms with Crippen LogP contribution in [-0.2, 0) is 16.1 Å². The summed E-state index contributed by atoms with van der Waals surface area (Å²) in [6, 6.07) is 7.71. The van der Waals surface area contributed by atoms with Crippen molar-refractivity contribution in [3.8, 4) is 0 Å². The van der Waals surface area contributed by atoms with Crippen molar-refractivity contribution in [3.05, 3.63) is 35.4 Å². The average Bonchev–Trinajstić information content (AvgIpc) is 2.77. The Kier molecular flexibility index (Phi) is 4.03. The fourth-order valence-corrected chi connectivity index (χ4v) is 3.08. The van der Waals surface area contributed by atoms with Gasteiger partial charge in [0.2, 0.25) is 0 Å². The Morgan fingerprint density at radius 2 is 2.05 bits per heavy atom. The van der Waals surface area contributed by atoms with Crippen LogP contribution in [0.2, 0.25) is 0 Å². The van der Waals surface area contributed by atoms with E-state index in [-0.39, 0.29) is 18.1 Å². The van der Waals surface area contributed by atoms with Crippen molar-refractivity contribution >= 4 is 5.91 Å². The summed E-state index contributed by atoms with van der Waals surface area (Å²) in [5, 5.41) is 1.52. The highest BCUT2D eigenvalue weighted by atomic mass is 16.7. The third kappa shape index (κ3) is 2.72. The summed E-state index contributed by atoms with van der Waals surface area (Å²) < 4.78 is 5.68. The zero-order valence-electron chi connectivity index (χ0n) is 11.9. The molecule has 0 radical (unpaired) electrons. The topological polar surface area (TPSA) is 38.8 Å². The molecule has 2 unspecified atom stereocenters. The third-order valence-corrected chi connectivity index (χ3v) is 4.04. The minimum Gasteiger partial charge on any atom is -0.378 e. The highest BCUT2D eigenvalue weighted by Crippen LogP contribution is 2.28. The molecule has 4 nitrogen and oxygen atoms in total. The first-order valence-corrected chi connectivity index (χ1v) is 7.46. The van der Waals surface area contributed by atoms with Crippen LogP contribution in [0.25, 0.3) is 0 Å². The number of carbonyl (C=O) groups excluding carboxylic acids is 1. The van der Waals surface area contributed by atoms with Crippen LogP contribution in [-0.4, -0.2) is 29.8 Å². The van der Waals surface area contributed by atoms with Crippen LogP contribution in [0.4, 0.5) is 0 Å². The Hall–Kier alpha value is -1.39. The van der Waals surface area contributed by atoms with Gasteiger partial charge in [-0.25, -0.2) is 5.06 Å². The van der Waals surface area contributed by atoms with Gasteiger partial charge in [-0.15, -0.1) is 0 Å². The monoisotopic (exact) mass is 275 g/mol. The second-order valence-electron chi connectivity index (χ2n) is 5.47. The largest absolute Gasteiger partial charge is 0.378 e. The highest BCUT2D eigenvalue weighted by molar-refractivity contribution is 5.97. The van der Waals surface area contributed by atoms with Crippen molar-refractivity contribution in [2.75, 3.05) is 6.61 Å². The first kappa shape index (κ1) is 13.6. The first-order chi connectivity index (χ1) is 9.78. The summed E-state index contributed by atoms with van der Waals surface area (Å²) in [5.74, 6) is -0.0147. The molecule has 1 heterocycles. The SMILES string of the molecule is CCOC1CCCC(ON2Cc3ccccc3C2=O)C1. The molecule has 0 bridgehead atoms. The van der Waals surface area contributed by atoms with Gasteiger partial charge in [-0.2, -0.15) is 0 Å². The smallest absolute Gasteiger partial charge is 0.278 e. The Morgan fingerprint density at radius 1 is 1.25 bits per heavy atom. The van der Waals surface area contributed by atoms with Crippen LogP contribution in [0.3, 0.4) is 0 Å². The molecule has 1 aliphatic heterocycles. The molecule has 4 heteroatoms. The van der Waals surface area contributed by atoms with E-state index in [2.05, 4.69) is 0 Å². The van der Waals surface area contributed by atoms with E-state index in [1.807, 2.05) is 31.2 Å². The molecule has 108 valence electrons. The van der Waals surface area contributed by atoms with Gasteiger partial charge in [0.25, 0.3) is 5.91 Å². The van der Waals surface area contributed by atoms with Crippen LogP contribution >= 0.6 is 0 Å².